The minimum Gasteiger partial charge on any atom is -0.473 e. The van der Waals surface area contributed by atoms with Crippen LogP contribution in [0, 0.1) is 0 Å². The van der Waals surface area contributed by atoms with Gasteiger partial charge in [0, 0.05) is 23.5 Å². The van der Waals surface area contributed by atoms with Crippen molar-refractivity contribution >= 4 is 28.7 Å². The Labute approximate surface area is 154 Å². The molecule has 0 spiro atoms. The Balaban J connectivity index is 0.000000380. The fraction of sp³-hybridized carbons (Fsp3) is 0.211. The SMILES string of the molecule is O=C(CCCc1c[nH]c2ccccc12)NCc1ccco1.O=C(O)C(=O)O. The summed E-state index contributed by atoms with van der Waals surface area (Å²) >= 11 is 0. The van der Waals surface area contributed by atoms with Crippen molar-refractivity contribution in [3.8, 4) is 0 Å². The molecule has 2 heterocycles. The number of nitrogens with one attached hydrogen (secondary N) is 2. The lowest BCUT2D eigenvalue weighted by molar-refractivity contribution is -0.159. The van der Waals surface area contributed by atoms with Gasteiger partial charge in [0.15, 0.2) is 0 Å². The molecule has 27 heavy (non-hydrogen) atoms. The second-order valence-corrected chi connectivity index (χ2v) is 5.68. The van der Waals surface area contributed by atoms with Crippen LogP contribution in [-0.2, 0) is 27.3 Å². The fourth-order valence-electron chi connectivity index (χ4n) is 2.47. The Morgan fingerprint density at radius 1 is 1.04 bits per heavy atom. The molecule has 0 unspecified atom stereocenters. The van der Waals surface area contributed by atoms with Gasteiger partial charge >= 0.3 is 11.9 Å². The molecule has 8 heteroatoms. The summed E-state index contributed by atoms with van der Waals surface area (Å²) in [6, 6.07) is 11.9. The van der Waals surface area contributed by atoms with Gasteiger partial charge in [-0.1, -0.05) is 18.2 Å². The summed E-state index contributed by atoms with van der Waals surface area (Å²) in [7, 11) is 0. The van der Waals surface area contributed by atoms with Gasteiger partial charge in [0.05, 0.1) is 12.8 Å². The summed E-state index contributed by atoms with van der Waals surface area (Å²) in [5.74, 6) is -2.81. The smallest absolute Gasteiger partial charge is 0.414 e. The molecule has 3 rings (SSSR count). The van der Waals surface area contributed by atoms with Crippen molar-refractivity contribution in [1.82, 2.24) is 10.3 Å². The lowest BCUT2D eigenvalue weighted by Crippen LogP contribution is -2.22. The molecular formula is C19H20N2O6. The number of rotatable bonds is 6. The van der Waals surface area contributed by atoms with Gasteiger partial charge in [-0.25, -0.2) is 9.59 Å². The van der Waals surface area contributed by atoms with E-state index < -0.39 is 11.9 Å². The molecule has 1 amide bonds. The summed E-state index contributed by atoms with van der Waals surface area (Å²) in [5, 5.41) is 18.9. The summed E-state index contributed by atoms with van der Waals surface area (Å²) in [6.07, 6.45) is 5.91. The number of carbonyl (C=O) groups excluding carboxylic acids is 1. The number of carbonyl (C=O) groups is 3. The number of fused-ring (bicyclic) bond motifs is 1. The van der Waals surface area contributed by atoms with Crippen LogP contribution in [0.15, 0.2) is 53.3 Å². The van der Waals surface area contributed by atoms with Crippen molar-refractivity contribution in [3.05, 3.63) is 60.2 Å². The van der Waals surface area contributed by atoms with Crippen LogP contribution >= 0.6 is 0 Å². The van der Waals surface area contributed by atoms with E-state index in [0.29, 0.717) is 13.0 Å². The van der Waals surface area contributed by atoms with Crippen LogP contribution in [0.25, 0.3) is 10.9 Å². The van der Waals surface area contributed by atoms with Crippen LogP contribution in [-0.4, -0.2) is 33.0 Å². The zero-order chi connectivity index (χ0) is 19.6. The zero-order valence-corrected chi connectivity index (χ0v) is 14.5. The first-order valence-corrected chi connectivity index (χ1v) is 8.27. The summed E-state index contributed by atoms with van der Waals surface area (Å²) in [6.45, 7) is 0.457. The van der Waals surface area contributed by atoms with E-state index in [1.165, 1.54) is 10.9 Å². The van der Waals surface area contributed by atoms with Crippen molar-refractivity contribution in [2.45, 2.75) is 25.8 Å². The Bertz CT molecular complexity index is 886. The second-order valence-electron chi connectivity index (χ2n) is 5.68. The van der Waals surface area contributed by atoms with Gasteiger partial charge in [0.2, 0.25) is 5.91 Å². The third-order valence-electron chi connectivity index (χ3n) is 3.75. The first-order valence-electron chi connectivity index (χ1n) is 8.27. The lowest BCUT2D eigenvalue weighted by Gasteiger charge is -2.03. The summed E-state index contributed by atoms with van der Waals surface area (Å²) < 4.78 is 5.18. The van der Waals surface area contributed by atoms with Gasteiger partial charge in [0.25, 0.3) is 0 Å². The van der Waals surface area contributed by atoms with Crippen molar-refractivity contribution in [1.29, 1.82) is 0 Å². The average molecular weight is 372 g/mol. The van der Waals surface area contributed by atoms with Crippen LogP contribution < -0.4 is 5.32 Å². The highest BCUT2D eigenvalue weighted by molar-refractivity contribution is 6.27. The highest BCUT2D eigenvalue weighted by Crippen LogP contribution is 2.19. The number of aromatic amines is 1. The molecule has 0 saturated carbocycles. The van der Waals surface area contributed by atoms with Crippen LogP contribution in [0.4, 0.5) is 0 Å². The van der Waals surface area contributed by atoms with Crippen LogP contribution in [0.1, 0.15) is 24.2 Å². The number of benzene rings is 1. The molecule has 0 atom stereocenters. The molecule has 0 fully saturated rings. The number of H-pyrrole nitrogens is 1. The highest BCUT2D eigenvalue weighted by atomic mass is 16.4. The van der Waals surface area contributed by atoms with Crippen LogP contribution in [0.3, 0.4) is 0 Å². The van der Waals surface area contributed by atoms with E-state index in [-0.39, 0.29) is 5.91 Å². The number of aryl methyl sites for hydroxylation is 1. The number of aromatic nitrogens is 1. The van der Waals surface area contributed by atoms with E-state index in [4.69, 9.17) is 24.2 Å². The van der Waals surface area contributed by atoms with Gasteiger partial charge in [-0.3, -0.25) is 4.79 Å². The van der Waals surface area contributed by atoms with Crippen molar-refractivity contribution < 1.29 is 29.0 Å². The molecule has 2 aromatic heterocycles. The average Bonchev–Trinajstić information content (AvgIpc) is 3.30. The van der Waals surface area contributed by atoms with Crippen molar-refractivity contribution in [2.75, 3.05) is 0 Å². The van der Waals surface area contributed by atoms with E-state index in [9.17, 15) is 4.79 Å². The Morgan fingerprint density at radius 3 is 2.44 bits per heavy atom. The zero-order valence-electron chi connectivity index (χ0n) is 14.5. The molecule has 8 nitrogen and oxygen atoms in total. The Hall–Kier alpha value is -3.55. The number of aliphatic carboxylic acids is 2. The molecule has 0 aliphatic carbocycles. The summed E-state index contributed by atoms with van der Waals surface area (Å²) in [4.78, 5) is 33.2. The van der Waals surface area contributed by atoms with Gasteiger partial charge in [-0.2, -0.15) is 0 Å². The fourth-order valence-corrected chi connectivity index (χ4v) is 2.47. The lowest BCUT2D eigenvalue weighted by atomic mass is 10.1. The molecule has 4 N–H and O–H groups in total. The number of hydrogen-bond acceptors (Lipinski definition) is 4. The molecule has 0 saturated heterocycles. The summed E-state index contributed by atoms with van der Waals surface area (Å²) in [5.41, 5.74) is 2.42. The number of carboxylic acids is 2. The molecular weight excluding hydrogens is 352 g/mol. The van der Waals surface area contributed by atoms with Crippen LogP contribution in [0.5, 0.6) is 0 Å². The third kappa shape index (κ3) is 6.35. The first kappa shape index (κ1) is 19.8. The maximum atomic E-state index is 11.8. The molecule has 0 bridgehead atoms. The van der Waals surface area contributed by atoms with Gasteiger partial charge < -0.3 is 24.9 Å². The number of hydrogen-bond donors (Lipinski definition) is 4. The standard InChI is InChI=1S/C17H18N2O2.C2H2O4/c20-17(19-12-14-6-4-10-21-14)9-3-5-13-11-18-16-8-2-1-7-15(13)16;3-1(4)2(5)6/h1-2,4,6-8,10-11,18H,3,5,9,12H2,(H,19,20);(H,3,4)(H,5,6). The van der Waals surface area contributed by atoms with Gasteiger partial charge in [-0.15, -0.1) is 0 Å². The molecule has 0 aliphatic rings. The Kier molecular flexibility index (Phi) is 7.18. The maximum Gasteiger partial charge on any atom is 0.414 e. The third-order valence-corrected chi connectivity index (χ3v) is 3.75. The Morgan fingerprint density at radius 2 is 1.78 bits per heavy atom. The topological polar surface area (TPSA) is 133 Å². The minimum atomic E-state index is -1.82. The highest BCUT2D eigenvalue weighted by Gasteiger charge is 2.06. The van der Waals surface area contributed by atoms with E-state index >= 15 is 0 Å². The molecule has 0 aliphatic heterocycles. The second kappa shape index (κ2) is 9.81. The van der Waals surface area contributed by atoms with E-state index in [1.807, 2.05) is 30.5 Å². The van der Waals surface area contributed by atoms with E-state index in [2.05, 4.69) is 22.4 Å². The molecule has 0 radical (unpaired) electrons. The number of amides is 1. The predicted octanol–water partition coefficient (Wildman–Crippen LogP) is 2.56. The van der Waals surface area contributed by atoms with Crippen molar-refractivity contribution in [2.24, 2.45) is 0 Å². The minimum absolute atomic E-state index is 0.0613. The number of furan rings is 1. The first-order chi connectivity index (χ1) is 13.0. The molecule has 142 valence electrons. The van der Waals surface area contributed by atoms with Crippen LogP contribution in [0.2, 0.25) is 0 Å². The van der Waals surface area contributed by atoms with Gasteiger partial charge in [-0.05, 0) is 36.6 Å². The largest absolute Gasteiger partial charge is 0.473 e. The van der Waals surface area contributed by atoms with Crippen molar-refractivity contribution in [3.63, 3.8) is 0 Å². The van der Waals surface area contributed by atoms with Gasteiger partial charge in [0.1, 0.15) is 5.76 Å². The van der Waals surface area contributed by atoms with E-state index in [0.717, 1.165) is 24.1 Å². The number of carboxylic acid groups (broad SMARTS) is 2. The number of para-hydroxylation sites is 1. The maximum absolute atomic E-state index is 11.8. The molecule has 1 aromatic carbocycles. The monoisotopic (exact) mass is 372 g/mol. The van der Waals surface area contributed by atoms with E-state index in [1.54, 1.807) is 6.26 Å². The molecule has 3 aromatic rings. The predicted molar refractivity (Wildman–Crippen MR) is 97.1 cm³/mol. The normalized spacial score (nSPS) is 10.1. The quantitative estimate of drug-likeness (QED) is 0.492.